The van der Waals surface area contributed by atoms with Gasteiger partial charge in [-0.2, -0.15) is 0 Å². The average Bonchev–Trinajstić information content (AvgIpc) is 2.21. The molecule has 0 N–H and O–H groups in total. The molecule has 0 bridgehead atoms. The van der Waals surface area contributed by atoms with Gasteiger partial charge in [-0.15, -0.1) is 0 Å². The van der Waals surface area contributed by atoms with Crippen molar-refractivity contribution in [2.75, 3.05) is 13.2 Å². The first-order valence-corrected chi connectivity index (χ1v) is 4.72. The van der Waals surface area contributed by atoms with Crippen LogP contribution in [0.5, 0.6) is 11.5 Å². The van der Waals surface area contributed by atoms with Crippen LogP contribution in [0.2, 0.25) is 0 Å². The largest absolute Gasteiger partial charge is 0.486 e. The van der Waals surface area contributed by atoms with Crippen molar-refractivity contribution in [2.24, 2.45) is 0 Å². The van der Waals surface area contributed by atoms with E-state index in [1.165, 1.54) is 5.56 Å². The molecule has 0 amide bonds. The van der Waals surface area contributed by atoms with Crippen molar-refractivity contribution in [3.63, 3.8) is 0 Å². The van der Waals surface area contributed by atoms with Gasteiger partial charge in [-0.05, 0) is 24.6 Å². The van der Waals surface area contributed by atoms with Gasteiger partial charge in [0.15, 0.2) is 11.5 Å². The van der Waals surface area contributed by atoms with Crippen LogP contribution < -0.4 is 9.47 Å². The van der Waals surface area contributed by atoms with Gasteiger partial charge in [0, 0.05) is 0 Å². The molecule has 0 fully saturated rings. The molecule has 0 atom stereocenters. The Morgan fingerprint density at radius 1 is 1.00 bits per heavy atom. The van der Waals surface area contributed by atoms with Gasteiger partial charge in [-0.1, -0.05) is 19.9 Å². The molecule has 1 aromatic carbocycles. The van der Waals surface area contributed by atoms with Gasteiger partial charge in [0.2, 0.25) is 0 Å². The van der Waals surface area contributed by atoms with Crippen LogP contribution >= 0.6 is 0 Å². The number of aryl methyl sites for hydroxylation is 1. The third-order valence-electron chi connectivity index (χ3n) is 1.70. The maximum atomic E-state index is 5.38. The summed E-state index contributed by atoms with van der Waals surface area (Å²) in [5.41, 5.74) is 1.20. The lowest BCUT2D eigenvalue weighted by Gasteiger charge is -2.18. The highest BCUT2D eigenvalue weighted by molar-refractivity contribution is 5.43. The number of benzene rings is 1. The molecular formula is C11H16O2. The van der Waals surface area contributed by atoms with Gasteiger partial charge < -0.3 is 9.47 Å². The minimum absolute atomic E-state index is 0.663. The molecule has 0 saturated heterocycles. The fourth-order valence-electron chi connectivity index (χ4n) is 1.15. The molecule has 1 aromatic rings. The van der Waals surface area contributed by atoms with Crippen LogP contribution in [-0.2, 0) is 0 Å². The second kappa shape index (κ2) is 4.75. The molecule has 0 aromatic heterocycles. The summed E-state index contributed by atoms with van der Waals surface area (Å²) in [5, 5.41) is 0. The van der Waals surface area contributed by atoms with E-state index < -0.39 is 0 Å². The summed E-state index contributed by atoms with van der Waals surface area (Å²) in [4.78, 5) is 0. The monoisotopic (exact) mass is 180 g/mol. The van der Waals surface area contributed by atoms with E-state index in [1.807, 2.05) is 39.0 Å². The summed E-state index contributed by atoms with van der Waals surface area (Å²) in [6.45, 7) is 7.37. The minimum atomic E-state index is 0.663. The van der Waals surface area contributed by atoms with Crippen LogP contribution in [0.15, 0.2) is 18.2 Å². The Labute approximate surface area is 79.5 Å². The number of fused-ring (bicyclic) bond motifs is 1. The Kier molecular flexibility index (Phi) is 3.62. The Bertz CT molecular complexity index is 269. The zero-order valence-electron chi connectivity index (χ0n) is 8.46. The Hall–Kier alpha value is -1.18. The highest BCUT2D eigenvalue weighted by atomic mass is 16.6. The van der Waals surface area contributed by atoms with E-state index in [1.54, 1.807) is 0 Å². The normalized spacial score (nSPS) is 12.8. The predicted octanol–water partition coefficient (Wildman–Crippen LogP) is 2.79. The first-order chi connectivity index (χ1) is 6.36. The van der Waals surface area contributed by atoms with Crippen molar-refractivity contribution in [3.8, 4) is 11.5 Å². The molecule has 1 aliphatic rings. The quantitative estimate of drug-likeness (QED) is 0.611. The lowest BCUT2D eigenvalue weighted by molar-refractivity contribution is 0.171. The highest BCUT2D eigenvalue weighted by Gasteiger charge is 2.09. The summed E-state index contributed by atoms with van der Waals surface area (Å²) in [7, 11) is 0. The van der Waals surface area contributed by atoms with Crippen LogP contribution in [0, 0.1) is 6.92 Å². The molecule has 2 heteroatoms. The topological polar surface area (TPSA) is 18.5 Å². The van der Waals surface area contributed by atoms with E-state index in [9.17, 15) is 0 Å². The van der Waals surface area contributed by atoms with Crippen LogP contribution in [0.1, 0.15) is 19.4 Å². The van der Waals surface area contributed by atoms with Gasteiger partial charge in [0.05, 0.1) is 0 Å². The van der Waals surface area contributed by atoms with Crippen molar-refractivity contribution >= 4 is 0 Å². The molecule has 1 aliphatic heterocycles. The Balaban J connectivity index is 0.000000396. The zero-order valence-corrected chi connectivity index (χ0v) is 8.46. The Morgan fingerprint density at radius 3 is 2.31 bits per heavy atom. The first kappa shape index (κ1) is 9.90. The second-order valence-electron chi connectivity index (χ2n) is 2.65. The molecule has 2 rings (SSSR count). The molecule has 0 radical (unpaired) electrons. The van der Waals surface area contributed by atoms with Gasteiger partial charge >= 0.3 is 0 Å². The molecule has 0 aliphatic carbocycles. The van der Waals surface area contributed by atoms with Crippen LogP contribution in [0.3, 0.4) is 0 Å². The predicted molar refractivity (Wildman–Crippen MR) is 53.5 cm³/mol. The molecule has 1 heterocycles. The van der Waals surface area contributed by atoms with Gasteiger partial charge in [-0.25, -0.2) is 0 Å². The summed E-state index contributed by atoms with van der Waals surface area (Å²) >= 11 is 0. The number of hydrogen-bond donors (Lipinski definition) is 0. The maximum absolute atomic E-state index is 5.38. The number of hydrogen-bond acceptors (Lipinski definition) is 2. The lowest BCUT2D eigenvalue weighted by atomic mass is 10.2. The molecule has 0 unspecified atom stereocenters. The van der Waals surface area contributed by atoms with Gasteiger partial charge in [-0.3, -0.25) is 0 Å². The molecule has 13 heavy (non-hydrogen) atoms. The van der Waals surface area contributed by atoms with Crippen LogP contribution in [0.4, 0.5) is 0 Å². The van der Waals surface area contributed by atoms with E-state index in [4.69, 9.17) is 9.47 Å². The Morgan fingerprint density at radius 2 is 1.62 bits per heavy atom. The van der Waals surface area contributed by atoms with Crippen molar-refractivity contribution in [2.45, 2.75) is 20.8 Å². The smallest absolute Gasteiger partial charge is 0.161 e. The third-order valence-corrected chi connectivity index (χ3v) is 1.70. The number of ether oxygens (including phenoxy) is 2. The fraction of sp³-hybridized carbons (Fsp3) is 0.455. The van der Waals surface area contributed by atoms with Crippen LogP contribution in [0.25, 0.3) is 0 Å². The van der Waals surface area contributed by atoms with Gasteiger partial charge in [0.25, 0.3) is 0 Å². The van der Waals surface area contributed by atoms with Crippen molar-refractivity contribution < 1.29 is 9.47 Å². The first-order valence-electron chi connectivity index (χ1n) is 4.72. The second-order valence-corrected chi connectivity index (χ2v) is 2.65. The summed E-state index contributed by atoms with van der Waals surface area (Å²) in [5.74, 6) is 1.73. The van der Waals surface area contributed by atoms with Gasteiger partial charge in [0.1, 0.15) is 13.2 Å². The summed E-state index contributed by atoms with van der Waals surface area (Å²) in [6, 6.07) is 5.96. The molecular weight excluding hydrogens is 164 g/mol. The van der Waals surface area contributed by atoms with Crippen LogP contribution in [-0.4, -0.2) is 13.2 Å². The fourth-order valence-corrected chi connectivity index (χ4v) is 1.15. The SMILES string of the molecule is CC.Cc1ccc2c(c1)OCCO2. The van der Waals surface area contributed by atoms with Crippen molar-refractivity contribution in [3.05, 3.63) is 23.8 Å². The zero-order chi connectivity index (χ0) is 9.68. The molecule has 0 saturated carbocycles. The average molecular weight is 180 g/mol. The molecule has 0 spiro atoms. The van der Waals surface area contributed by atoms with Crippen molar-refractivity contribution in [1.82, 2.24) is 0 Å². The highest BCUT2D eigenvalue weighted by Crippen LogP contribution is 2.30. The van der Waals surface area contributed by atoms with E-state index >= 15 is 0 Å². The van der Waals surface area contributed by atoms with E-state index in [-0.39, 0.29) is 0 Å². The minimum Gasteiger partial charge on any atom is -0.486 e. The lowest BCUT2D eigenvalue weighted by Crippen LogP contribution is -2.15. The number of rotatable bonds is 0. The maximum Gasteiger partial charge on any atom is 0.161 e. The third kappa shape index (κ3) is 2.38. The summed E-state index contributed by atoms with van der Waals surface area (Å²) < 4.78 is 10.7. The van der Waals surface area contributed by atoms with Crippen molar-refractivity contribution in [1.29, 1.82) is 0 Å². The van der Waals surface area contributed by atoms with E-state index in [0.29, 0.717) is 13.2 Å². The summed E-state index contributed by atoms with van der Waals surface area (Å²) in [6.07, 6.45) is 0. The molecule has 2 nitrogen and oxygen atoms in total. The van der Waals surface area contributed by atoms with E-state index in [0.717, 1.165) is 11.5 Å². The standard InChI is InChI=1S/C9H10O2.C2H6/c1-7-2-3-8-9(6-7)11-5-4-10-8;1-2/h2-3,6H,4-5H2,1H3;1-2H3. The molecule has 72 valence electrons. The van der Waals surface area contributed by atoms with E-state index in [2.05, 4.69) is 0 Å².